The molecule has 0 bridgehead atoms. The normalized spacial score (nSPS) is 14.9. The number of halogens is 4. The number of rotatable bonds is 16. The molecule has 2 aliphatic rings. The van der Waals surface area contributed by atoms with Crippen molar-refractivity contribution in [2.45, 2.75) is 36.1 Å². The number of carbonyl (C=O) groups excluding carboxylic acids is 2. The number of allylic oxidation sites excluding steroid dienone is 8. The van der Waals surface area contributed by atoms with Crippen molar-refractivity contribution in [3.05, 3.63) is 121 Å². The quantitative estimate of drug-likeness (QED) is 0.0818. The third-order valence-corrected chi connectivity index (χ3v) is 17.2. The van der Waals surface area contributed by atoms with Gasteiger partial charge >= 0.3 is 290 Å². The van der Waals surface area contributed by atoms with Crippen LogP contribution >= 0.6 is 0 Å². The van der Waals surface area contributed by atoms with E-state index in [9.17, 15) is 9.59 Å². The van der Waals surface area contributed by atoms with Gasteiger partial charge in [-0.15, -0.1) is 0 Å². The molecule has 0 atom stereocenters. The molecule has 2 amide bonds. The average Bonchev–Trinajstić information content (AvgIpc) is 3.79. The van der Waals surface area contributed by atoms with Gasteiger partial charge in [-0.25, -0.2) is 0 Å². The number of ether oxygens (including phenoxy) is 2. The second kappa shape index (κ2) is 15.8. The topological polar surface area (TPSA) is 76.7 Å². The fourth-order valence-electron chi connectivity index (χ4n) is 6.05. The Morgan fingerprint density at radius 1 is 0.694 bits per heavy atom. The molecule has 0 saturated carbocycles. The first kappa shape index (κ1) is 38.0. The molecule has 0 heterocycles. The predicted octanol–water partition coefficient (Wildman–Crippen LogP) is 7.51. The molecule has 0 aliphatic heterocycles. The minimum atomic E-state index is -5.19. The molecule has 2 aromatic carbocycles. The van der Waals surface area contributed by atoms with Gasteiger partial charge in [0, 0.05) is 0 Å². The summed E-state index contributed by atoms with van der Waals surface area (Å²) in [6, 6.07) is 4.21. The molecule has 11 heteroatoms. The number of amides is 2. The van der Waals surface area contributed by atoms with E-state index in [-0.39, 0.29) is 37.8 Å². The number of carbonyl (C=O) groups is 2. The summed E-state index contributed by atoms with van der Waals surface area (Å²) in [5, 5.41) is 5.13. The number of hydrogen-bond donors (Lipinski definition) is 2. The van der Waals surface area contributed by atoms with Crippen LogP contribution in [0.25, 0.3) is 0 Å². The SMILES string of the molecule is C=CCOCC(C)(C)C(=O)Nc1ccc(F)[c]([Ti]([c]2c(F)ccc(NC(=O)C(C)(C)COCC=C)c2F)([CH]2C=CC=C2)[CH]2C=CC=C2)c1F. The molecule has 260 valence electrons. The van der Waals surface area contributed by atoms with E-state index < -0.39 is 78.7 Å². The van der Waals surface area contributed by atoms with Crippen molar-refractivity contribution in [2.24, 2.45) is 10.8 Å². The predicted molar refractivity (Wildman–Crippen MR) is 183 cm³/mol. The molecule has 6 nitrogen and oxygen atoms in total. The van der Waals surface area contributed by atoms with Crippen molar-refractivity contribution in [3.8, 4) is 0 Å². The summed E-state index contributed by atoms with van der Waals surface area (Å²) in [5.74, 6) is -5.44. The van der Waals surface area contributed by atoms with Gasteiger partial charge in [0.15, 0.2) is 0 Å². The number of anilines is 2. The van der Waals surface area contributed by atoms with Crippen LogP contribution in [0.1, 0.15) is 27.7 Å². The molecule has 4 rings (SSSR count). The number of benzene rings is 2. The van der Waals surface area contributed by atoms with Crippen LogP contribution in [-0.4, -0.2) is 38.2 Å². The Morgan fingerprint density at radius 3 is 1.37 bits per heavy atom. The summed E-state index contributed by atoms with van der Waals surface area (Å²) in [7, 11) is 0. The second-order valence-corrected chi connectivity index (χ2v) is 19.7. The van der Waals surface area contributed by atoms with Crippen molar-refractivity contribution < 1.29 is 53.2 Å². The van der Waals surface area contributed by atoms with E-state index in [2.05, 4.69) is 23.8 Å². The van der Waals surface area contributed by atoms with Crippen LogP contribution in [0.4, 0.5) is 28.9 Å². The minimum absolute atomic E-state index is 0.0102. The van der Waals surface area contributed by atoms with Crippen molar-refractivity contribution in [1.29, 1.82) is 0 Å². The molecule has 0 fully saturated rings. The van der Waals surface area contributed by atoms with Gasteiger partial charge < -0.3 is 0 Å². The van der Waals surface area contributed by atoms with Gasteiger partial charge in [-0.3, -0.25) is 0 Å². The molecule has 2 aromatic rings. The summed E-state index contributed by atoms with van der Waals surface area (Å²) >= 11 is -5.19. The maximum atomic E-state index is 17.1. The van der Waals surface area contributed by atoms with Gasteiger partial charge in [0.2, 0.25) is 0 Å². The van der Waals surface area contributed by atoms with E-state index in [0.29, 0.717) is 0 Å². The first-order chi connectivity index (χ1) is 23.2. The first-order valence-electron chi connectivity index (χ1n) is 15.9. The monoisotopic (exact) mass is 714 g/mol. The fourth-order valence-corrected chi connectivity index (χ4v) is 14.9. The number of nitrogens with one attached hydrogen (secondary N) is 2. The zero-order valence-electron chi connectivity index (χ0n) is 28.1. The summed E-state index contributed by atoms with van der Waals surface area (Å²) in [6.45, 7) is 14.0. The zero-order chi connectivity index (χ0) is 36.0. The van der Waals surface area contributed by atoms with Crippen molar-refractivity contribution >= 4 is 30.9 Å². The maximum absolute atomic E-state index is 17.1. The Labute approximate surface area is 288 Å². The molecular formula is C38H42F4N2O4Ti. The molecule has 0 saturated heterocycles. The van der Waals surface area contributed by atoms with Gasteiger partial charge in [-0.1, -0.05) is 0 Å². The Hall–Kier alpha value is -3.83. The van der Waals surface area contributed by atoms with Crippen LogP contribution in [0.5, 0.6) is 0 Å². The Kier molecular flexibility index (Phi) is 12.3. The van der Waals surface area contributed by atoms with Crippen LogP contribution in [-0.2, 0) is 35.7 Å². The summed E-state index contributed by atoms with van der Waals surface area (Å²) in [4.78, 5) is 26.7. The molecule has 0 radical (unpaired) electrons. The Bertz CT molecular complexity index is 1580. The average molecular weight is 715 g/mol. The molecule has 0 aromatic heterocycles. The standard InChI is InChI=1S/2C14H16F2NO2.2C5H5.Ti/c2*1-4-7-19-9-14(2,3)13(18)17-12-6-5-10(15)8-11(12)16;2*1-2-4-5-3-1;/h2*4-6H,1,7,9H2,2-3H3,(H,17,18);2*1-5H;. The van der Waals surface area contributed by atoms with Gasteiger partial charge in [-0.2, -0.15) is 0 Å². The van der Waals surface area contributed by atoms with Crippen LogP contribution in [0, 0.1) is 34.1 Å². The van der Waals surface area contributed by atoms with E-state index >= 15 is 17.6 Å². The Balaban J connectivity index is 1.93. The van der Waals surface area contributed by atoms with Crippen LogP contribution in [0.3, 0.4) is 0 Å². The van der Waals surface area contributed by atoms with Gasteiger partial charge in [-0.05, 0) is 0 Å². The first-order valence-corrected chi connectivity index (χ1v) is 19.3. The molecule has 2 N–H and O–H groups in total. The van der Waals surface area contributed by atoms with E-state index in [1.54, 1.807) is 76.3 Å². The molecule has 0 unspecified atom stereocenters. The van der Waals surface area contributed by atoms with Crippen molar-refractivity contribution in [1.82, 2.24) is 0 Å². The second-order valence-electron chi connectivity index (χ2n) is 13.3. The zero-order valence-corrected chi connectivity index (χ0v) is 29.7. The van der Waals surface area contributed by atoms with Gasteiger partial charge in [0.25, 0.3) is 0 Å². The van der Waals surface area contributed by atoms with Crippen molar-refractivity contribution in [3.63, 3.8) is 0 Å². The summed E-state index contributed by atoms with van der Waals surface area (Å²) in [5.41, 5.74) is -2.91. The number of hydrogen-bond acceptors (Lipinski definition) is 4. The molecular weight excluding hydrogens is 672 g/mol. The van der Waals surface area contributed by atoms with E-state index in [1.165, 1.54) is 12.2 Å². The molecule has 49 heavy (non-hydrogen) atoms. The van der Waals surface area contributed by atoms with Gasteiger partial charge in [0.05, 0.1) is 0 Å². The van der Waals surface area contributed by atoms with Crippen molar-refractivity contribution in [2.75, 3.05) is 37.1 Å². The van der Waals surface area contributed by atoms with E-state index in [0.717, 1.165) is 24.3 Å². The summed E-state index contributed by atoms with van der Waals surface area (Å²) in [6.07, 6.45) is 16.5. The third kappa shape index (κ3) is 7.83. The van der Waals surface area contributed by atoms with E-state index in [4.69, 9.17) is 9.47 Å². The van der Waals surface area contributed by atoms with Crippen LogP contribution < -0.4 is 18.4 Å². The Morgan fingerprint density at radius 2 is 1.04 bits per heavy atom. The fraction of sp³-hybridized carbons (Fsp3) is 0.316. The summed E-state index contributed by atoms with van der Waals surface area (Å²) < 4.78 is 75.4. The third-order valence-electron chi connectivity index (χ3n) is 8.68. The van der Waals surface area contributed by atoms with E-state index in [1.807, 2.05) is 0 Å². The molecule has 0 spiro atoms. The molecule has 2 aliphatic carbocycles. The van der Waals surface area contributed by atoms with Crippen LogP contribution in [0.15, 0.2) is 98.2 Å². The van der Waals surface area contributed by atoms with Gasteiger partial charge in [0.1, 0.15) is 0 Å². The van der Waals surface area contributed by atoms with Crippen LogP contribution in [0.2, 0.25) is 8.45 Å².